The SMILES string of the molecule is CC(C)(C)c1nc(CCNc2nnc(Cl)cc2C(N)=O)cs1. The summed E-state index contributed by atoms with van der Waals surface area (Å²) >= 11 is 7.37. The fourth-order valence-electron chi connectivity index (χ4n) is 1.76. The van der Waals surface area contributed by atoms with Gasteiger partial charge in [-0.1, -0.05) is 32.4 Å². The summed E-state index contributed by atoms with van der Waals surface area (Å²) in [6, 6.07) is 1.40. The average Bonchev–Trinajstić information content (AvgIpc) is 2.89. The van der Waals surface area contributed by atoms with Crippen molar-refractivity contribution in [3.05, 3.63) is 32.9 Å². The van der Waals surface area contributed by atoms with Crippen molar-refractivity contribution in [1.82, 2.24) is 15.2 Å². The van der Waals surface area contributed by atoms with Gasteiger partial charge < -0.3 is 11.1 Å². The first-order chi connectivity index (χ1) is 10.3. The molecule has 0 atom stereocenters. The minimum Gasteiger partial charge on any atom is -0.368 e. The van der Waals surface area contributed by atoms with E-state index in [1.54, 1.807) is 11.3 Å². The Labute approximate surface area is 138 Å². The van der Waals surface area contributed by atoms with E-state index in [1.165, 1.54) is 6.07 Å². The number of amides is 1. The lowest BCUT2D eigenvalue weighted by molar-refractivity contribution is 0.100. The third-order valence-corrected chi connectivity index (χ3v) is 4.40. The molecule has 118 valence electrons. The van der Waals surface area contributed by atoms with Crippen molar-refractivity contribution in [2.24, 2.45) is 5.73 Å². The van der Waals surface area contributed by atoms with Gasteiger partial charge in [0.2, 0.25) is 0 Å². The van der Waals surface area contributed by atoms with E-state index in [2.05, 4.69) is 41.3 Å². The molecule has 8 heteroatoms. The van der Waals surface area contributed by atoms with Crippen molar-refractivity contribution in [2.75, 3.05) is 11.9 Å². The zero-order valence-corrected chi connectivity index (χ0v) is 14.3. The lowest BCUT2D eigenvalue weighted by Gasteiger charge is -2.13. The van der Waals surface area contributed by atoms with Crippen LogP contribution in [0.25, 0.3) is 0 Å². The van der Waals surface area contributed by atoms with E-state index in [-0.39, 0.29) is 16.1 Å². The maximum atomic E-state index is 11.4. The average molecular weight is 340 g/mol. The molecule has 0 aliphatic heterocycles. The first kappa shape index (κ1) is 16.6. The largest absolute Gasteiger partial charge is 0.368 e. The molecule has 2 heterocycles. The molecule has 6 nitrogen and oxygen atoms in total. The summed E-state index contributed by atoms with van der Waals surface area (Å²) in [6.45, 7) is 6.98. The Morgan fingerprint density at radius 2 is 2.14 bits per heavy atom. The number of carbonyl (C=O) groups is 1. The van der Waals surface area contributed by atoms with Crippen LogP contribution in [0.2, 0.25) is 5.15 Å². The van der Waals surface area contributed by atoms with Gasteiger partial charge in [-0.25, -0.2) is 4.98 Å². The topological polar surface area (TPSA) is 93.8 Å². The van der Waals surface area contributed by atoms with Gasteiger partial charge in [-0.15, -0.1) is 21.5 Å². The summed E-state index contributed by atoms with van der Waals surface area (Å²) in [6.07, 6.45) is 0.717. The molecule has 0 saturated carbocycles. The molecule has 1 amide bonds. The van der Waals surface area contributed by atoms with Gasteiger partial charge in [-0.2, -0.15) is 0 Å². The molecule has 2 aromatic heterocycles. The normalized spacial score (nSPS) is 11.5. The Morgan fingerprint density at radius 1 is 1.41 bits per heavy atom. The van der Waals surface area contributed by atoms with Gasteiger partial charge in [0.1, 0.15) is 0 Å². The van der Waals surface area contributed by atoms with Gasteiger partial charge in [0.05, 0.1) is 16.3 Å². The van der Waals surface area contributed by atoms with E-state index in [9.17, 15) is 4.79 Å². The second-order valence-corrected chi connectivity index (χ2v) is 7.11. The van der Waals surface area contributed by atoms with Crippen molar-refractivity contribution in [2.45, 2.75) is 32.6 Å². The van der Waals surface area contributed by atoms with Crippen molar-refractivity contribution >= 4 is 34.7 Å². The molecule has 0 saturated heterocycles. The van der Waals surface area contributed by atoms with Crippen LogP contribution in [-0.2, 0) is 11.8 Å². The van der Waals surface area contributed by atoms with Crippen LogP contribution in [0.5, 0.6) is 0 Å². The Balaban J connectivity index is 2.00. The third-order valence-electron chi connectivity index (χ3n) is 2.90. The van der Waals surface area contributed by atoms with Gasteiger partial charge >= 0.3 is 0 Å². The molecule has 2 rings (SSSR count). The first-order valence-electron chi connectivity index (χ1n) is 6.79. The number of hydrogen-bond acceptors (Lipinski definition) is 6. The molecule has 0 fully saturated rings. The third kappa shape index (κ3) is 4.14. The molecular formula is C14H18ClN5OS. The Kier molecular flexibility index (Phi) is 4.97. The van der Waals surface area contributed by atoms with Crippen LogP contribution in [0.15, 0.2) is 11.4 Å². The minimum atomic E-state index is -0.594. The molecule has 2 aromatic rings. The molecule has 0 unspecified atom stereocenters. The molecule has 0 aromatic carbocycles. The summed E-state index contributed by atoms with van der Waals surface area (Å²) in [5.41, 5.74) is 6.59. The van der Waals surface area contributed by atoms with Gasteiger partial charge in [0, 0.05) is 23.8 Å². The molecule has 3 N–H and O–H groups in total. The molecule has 0 aliphatic rings. The molecule has 0 radical (unpaired) electrons. The zero-order chi connectivity index (χ0) is 16.3. The monoisotopic (exact) mass is 339 g/mol. The van der Waals surface area contributed by atoms with Crippen LogP contribution in [0.3, 0.4) is 0 Å². The van der Waals surface area contributed by atoms with Gasteiger partial charge in [0.15, 0.2) is 11.0 Å². The lowest BCUT2D eigenvalue weighted by Crippen LogP contribution is -2.17. The predicted molar refractivity (Wildman–Crippen MR) is 88.6 cm³/mol. The van der Waals surface area contributed by atoms with Crippen LogP contribution in [0.4, 0.5) is 5.82 Å². The highest BCUT2D eigenvalue weighted by atomic mass is 35.5. The maximum Gasteiger partial charge on any atom is 0.252 e. The molecule has 22 heavy (non-hydrogen) atoms. The van der Waals surface area contributed by atoms with E-state index < -0.39 is 5.91 Å². The number of nitrogens with one attached hydrogen (secondary N) is 1. The summed E-state index contributed by atoms with van der Waals surface area (Å²) in [5.74, 6) is -0.258. The van der Waals surface area contributed by atoms with Crippen LogP contribution in [0, 0.1) is 0 Å². The molecule has 0 aliphatic carbocycles. The molecule has 0 bridgehead atoms. The van der Waals surface area contributed by atoms with E-state index in [0.717, 1.165) is 17.1 Å². The number of primary amides is 1. The number of rotatable bonds is 5. The maximum absolute atomic E-state index is 11.4. The molecule has 0 spiro atoms. The lowest BCUT2D eigenvalue weighted by atomic mass is 9.98. The number of carbonyl (C=O) groups excluding carboxylic acids is 1. The summed E-state index contributed by atoms with van der Waals surface area (Å²) < 4.78 is 0. The van der Waals surface area contributed by atoms with Crippen LogP contribution < -0.4 is 11.1 Å². The molecular weight excluding hydrogens is 322 g/mol. The van der Waals surface area contributed by atoms with Crippen molar-refractivity contribution in [1.29, 1.82) is 0 Å². The van der Waals surface area contributed by atoms with Gasteiger partial charge in [0.25, 0.3) is 5.91 Å². The number of nitrogens with zero attached hydrogens (tertiary/aromatic N) is 3. The van der Waals surface area contributed by atoms with Gasteiger partial charge in [-0.3, -0.25) is 4.79 Å². The second kappa shape index (κ2) is 6.58. The Hall–Kier alpha value is -1.73. The predicted octanol–water partition coefficient (Wildman–Crippen LogP) is 2.64. The standard InChI is InChI=1S/C14H18ClN5OS/c1-14(2,3)13-18-8(7-22-13)4-5-17-12-9(11(16)21)6-10(15)19-20-12/h6-7H,4-5H2,1-3H3,(H2,16,21)(H,17,20). The van der Waals surface area contributed by atoms with E-state index in [1.807, 2.05) is 5.38 Å². The second-order valence-electron chi connectivity index (χ2n) is 5.86. The minimum absolute atomic E-state index is 0.0527. The zero-order valence-electron chi connectivity index (χ0n) is 12.7. The number of aromatic nitrogens is 3. The van der Waals surface area contributed by atoms with Crippen LogP contribution >= 0.6 is 22.9 Å². The summed E-state index contributed by atoms with van der Waals surface area (Å²) in [5, 5.41) is 13.9. The highest BCUT2D eigenvalue weighted by Crippen LogP contribution is 2.25. The number of anilines is 1. The fraction of sp³-hybridized carbons (Fsp3) is 0.429. The number of hydrogen-bond donors (Lipinski definition) is 2. The van der Waals surface area contributed by atoms with Crippen LogP contribution in [-0.4, -0.2) is 27.6 Å². The smallest absolute Gasteiger partial charge is 0.252 e. The van der Waals surface area contributed by atoms with Crippen molar-refractivity contribution in [3.8, 4) is 0 Å². The summed E-state index contributed by atoms with van der Waals surface area (Å²) in [7, 11) is 0. The highest BCUT2D eigenvalue weighted by Gasteiger charge is 2.18. The number of nitrogens with two attached hydrogens (primary N) is 1. The number of thiazole rings is 1. The van der Waals surface area contributed by atoms with E-state index in [0.29, 0.717) is 12.4 Å². The van der Waals surface area contributed by atoms with E-state index in [4.69, 9.17) is 17.3 Å². The first-order valence-corrected chi connectivity index (χ1v) is 8.05. The summed E-state index contributed by atoms with van der Waals surface area (Å²) in [4.78, 5) is 16.0. The van der Waals surface area contributed by atoms with Crippen molar-refractivity contribution in [3.63, 3.8) is 0 Å². The highest BCUT2D eigenvalue weighted by molar-refractivity contribution is 7.09. The van der Waals surface area contributed by atoms with Crippen LogP contribution in [0.1, 0.15) is 41.8 Å². The quantitative estimate of drug-likeness (QED) is 0.873. The fourth-order valence-corrected chi connectivity index (χ4v) is 2.85. The Morgan fingerprint density at radius 3 is 2.73 bits per heavy atom. The Bertz CT molecular complexity index is 680. The van der Waals surface area contributed by atoms with Gasteiger partial charge in [-0.05, 0) is 6.07 Å². The van der Waals surface area contributed by atoms with E-state index >= 15 is 0 Å². The van der Waals surface area contributed by atoms with Crippen molar-refractivity contribution < 1.29 is 4.79 Å². The number of halogens is 1.